The van der Waals surface area contributed by atoms with Gasteiger partial charge in [0.15, 0.2) is 0 Å². The van der Waals surface area contributed by atoms with Crippen LogP contribution in [0.5, 0.6) is 0 Å². The molecular formula is C12H21NS. The molecule has 0 aliphatic rings. The maximum absolute atomic E-state index is 6.14. The van der Waals surface area contributed by atoms with Crippen LogP contribution in [0.1, 0.15) is 32.1 Å². The van der Waals surface area contributed by atoms with Gasteiger partial charge in [-0.3, -0.25) is 0 Å². The fourth-order valence-electron chi connectivity index (χ4n) is 1.52. The summed E-state index contributed by atoms with van der Waals surface area (Å²) in [6.07, 6.45) is 2.25. The minimum atomic E-state index is 0.345. The number of aryl methyl sites for hydroxylation is 1. The molecule has 1 nitrogen and oxygen atoms in total. The van der Waals surface area contributed by atoms with Gasteiger partial charge in [0.2, 0.25) is 0 Å². The average molecular weight is 211 g/mol. The van der Waals surface area contributed by atoms with Gasteiger partial charge in [-0.25, -0.2) is 0 Å². The fourth-order valence-corrected chi connectivity index (χ4v) is 2.25. The molecule has 0 saturated carbocycles. The van der Waals surface area contributed by atoms with E-state index in [1.54, 1.807) is 0 Å². The lowest BCUT2D eigenvalue weighted by atomic mass is 9.88. The van der Waals surface area contributed by atoms with Crippen molar-refractivity contribution in [3.63, 3.8) is 0 Å². The SMILES string of the molecule is CC(C)C(C)C(N)CCc1cccs1. The molecule has 80 valence electrons. The molecule has 0 saturated heterocycles. The zero-order chi connectivity index (χ0) is 10.6. The van der Waals surface area contributed by atoms with E-state index in [9.17, 15) is 0 Å². The molecule has 1 aromatic heterocycles. The first-order chi connectivity index (χ1) is 6.61. The van der Waals surface area contributed by atoms with Crippen molar-refractivity contribution in [1.29, 1.82) is 0 Å². The predicted molar refractivity (Wildman–Crippen MR) is 64.6 cm³/mol. The molecule has 0 aromatic carbocycles. The zero-order valence-corrected chi connectivity index (χ0v) is 10.2. The van der Waals surface area contributed by atoms with Crippen LogP contribution in [-0.2, 0) is 6.42 Å². The molecule has 2 heteroatoms. The van der Waals surface area contributed by atoms with E-state index in [1.807, 2.05) is 11.3 Å². The highest BCUT2D eigenvalue weighted by molar-refractivity contribution is 7.09. The van der Waals surface area contributed by atoms with Crippen LogP contribution in [0, 0.1) is 11.8 Å². The molecule has 14 heavy (non-hydrogen) atoms. The Morgan fingerprint density at radius 2 is 2.07 bits per heavy atom. The standard InChI is InChI=1S/C12H21NS/c1-9(2)10(3)12(13)7-6-11-5-4-8-14-11/h4-5,8-10,12H,6-7,13H2,1-3H3. The summed E-state index contributed by atoms with van der Waals surface area (Å²) in [7, 11) is 0. The zero-order valence-electron chi connectivity index (χ0n) is 9.36. The van der Waals surface area contributed by atoms with Crippen LogP contribution in [0.15, 0.2) is 17.5 Å². The number of rotatable bonds is 5. The van der Waals surface area contributed by atoms with Gasteiger partial charge in [0.05, 0.1) is 0 Å². The van der Waals surface area contributed by atoms with Crippen LogP contribution in [-0.4, -0.2) is 6.04 Å². The summed E-state index contributed by atoms with van der Waals surface area (Å²) in [6.45, 7) is 6.75. The van der Waals surface area contributed by atoms with E-state index in [4.69, 9.17) is 5.73 Å². The minimum absolute atomic E-state index is 0.345. The lowest BCUT2D eigenvalue weighted by Crippen LogP contribution is -2.31. The third-order valence-electron chi connectivity index (χ3n) is 3.03. The first-order valence-corrected chi connectivity index (χ1v) is 6.27. The Balaban J connectivity index is 2.31. The summed E-state index contributed by atoms with van der Waals surface area (Å²) in [4.78, 5) is 1.46. The Morgan fingerprint density at radius 1 is 1.36 bits per heavy atom. The quantitative estimate of drug-likeness (QED) is 0.794. The second-order valence-electron chi connectivity index (χ2n) is 4.39. The minimum Gasteiger partial charge on any atom is -0.327 e. The summed E-state index contributed by atoms with van der Waals surface area (Å²) < 4.78 is 0. The maximum atomic E-state index is 6.14. The van der Waals surface area contributed by atoms with Crippen molar-refractivity contribution >= 4 is 11.3 Å². The summed E-state index contributed by atoms with van der Waals surface area (Å²) in [5, 5.41) is 2.13. The third kappa shape index (κ3) is 3.43. The van der Waals surface area contributed by atoms with E-state index in [1.165, 1.54) is 4.88 Å². The van der Waals surface area contributed by atoms with Gasteiger partial charge >= 0.3 is 0 Å². The summed E-state index contributed by atoms with van der Waals surface area (Å²) in [6, 6.07) is 4.64. The van der Waals surface area contributed by atoms with E-state index in [-0.39, 0.29) is 0 Å². The van der Waals surface area contributed by atoms with E-state index in [0.29, 0.717) is 17.9 Å². The Labute approximate surface area is 91.3 Å². The summed E-state index contributed by atoms with van der Waals surface area (Å²) in [5.74, 6) is 1.31. The molecule has 0 bridgehead atoms. The number of nitrogens with two attached hydrogens (primary N) is 1. The Bertz CT molecular complexity index is 241. The maximum Gasteiger partial charge on any atom is 0.00704 e. The van der Waals surface area contributed by atoms with Crippen molar-refractivity contribution in [1.82, 2.24) is 0 Å². The largest absolute Gasteiger partial charge is 0.327 e. The van der Waals surface area contributed by atoms with Gasteiger partial charge in [0, 0.05) is 10.9 Å². The van der Waals surface area contributed by atoms with Crippen LogP contribution in [0.2, 0.25) is 0 Å². The molecule has 2 unspecified atom stereocenters. The van der Waals surface area contributed by atoms with Crippen molar-refractivity contribution in [2.45, 2.75) is 39.7 Å². The molecule has 0 aliphatic carbocycles. The van der Waals surface area contributed by atoms with Crippen molar-refractivity contribution in [3.8, 4) is 0 Å². The molecular weight excluding hydrogens is 190 g/mol. The molecule has 0 aliphatic heterocycles. The van der Waals surface area contributed by atoms with Crippen LogP contribution < -0.4 is 5.73 Å². The monoisotopic (exact) mass is 211 g/mol. The molecule has 0 spiro atoms. The summed E-state index contributed by atoms with van der Waals surface area (Å²) >= 11 is 1.83. The Morgan fingerprint density at radius 3 is 2.57 bits per heavy atom. The second-order valence-corrected chi connectivity index (χ2v) is 5.42. The smallest absolute Gasteiger partial charge is 0.00704 e. The molecule has 1 rings (SSSR count). The van der Waals surface area contributed by atoms with Gasteiger partial charge in [0.1, 0.15) is 0 Å². The van der Waals surface area contributed by atoms with Crippen LogP contribution >= 0.6 is 11.3 Å². The predicted octanol–water partition coefficient (Wildman–Crippen LogP) is 3.30. The van der Waals surface area contributed by atoms with Gasteiger partial charge in [-0.15, -0.1) is 11.3 Å². The number of thiophene rings is 1. The van der Waals surface area contributed by atoms with Gasteiger partial charge in [-0.1, -0.05) is 26.8 Å². The average Bonchev–Trinajstić information content (AvgIpc) is 2.65. The van der Waals surface area contributed by atoms with Gasteiger partial charge in [-0.2, -0.15) is 0 Å². The van der Waals surface area contributed by atoms with Gasteiger partial charge in [0.25, 0.3) is 0 Å². The van der Waals surface area contributed by atoms with E-state index >= 15 is 0 Å². The van der Waals surface area contributed by atoms with Crippen molar-refractivity contribution in [3.05, 3.63) is 22.4 Å². The van der Waals surface area contributed by atoms with E-state index < -0.39 is 0 Å². The number of hydrogen-bond acceptors (Lipinski definition) is 2. The Kier molecular flexibility index (Phi) is 4.63. The molecule has 1 aromatic rings. The van der Waals surface area contributed by atoms with Crippen LogP contribution in [0.3, 0.4) is 0 Å². The lowest BCUT2D eigenvalue weighted by molar-refractivity contribution is 0.333. The van der Waals surface area contributed by atoms with Gasteiger partial charge < -0.3 is 5.73 Å². The van der Waals surface area contributed by atoms with E-state index in [2.05, 4.69) is 38.3 Å². The molecule has 2 N–H and O–H groups in total. The van der Waals surface area contributed by atoms with Crippen molar-refractivity contribution in [2.75, 3.05) is 0 Å². The molecule has 1 heterocycles. The van der Waals surface area contributed by atoms with Crippen molar-refractivity contribution in [2.24, 2.45) is 17.6 Å². The fraction of sp³-hybridized carbons (Fsp3) is 0.667. The highest BCUT2D eigenvalue weighted by Gasteiger charge is 2.15. The lowest BCUT2D eigenvalue weighted by Gasteiger charge is -2.22. The third-order valence-corrected chi connectivity index (χ3v) is 3.97. The highest BCUT2D eigenvalue weighted by atomic mass is 32.1. The second kappa shape index (κ2) is 5.52. The normalized spacial score (nSPS) is 15.8. The number of hydrogen-bond donors (Lipinski definition) is 1. The van der Waals surface area contributed by atoms with E-state index in [0.717, 1.165) is 12.8 Å². The first kappa shape index (κ1) is 11.7. The molecule has 0 radical (unpaired) electrons. The molecule has 0 fully saturated rings. The first-order valence-electron chi connectivity index (χ1n) is 5.39. The topological polar surface area (TPSA) is 26.0 Å². The van der Waals surface area contributed by atoms with Crippen LogP contribution in [0.25, 0.3) is 0 Å². The Hall–Kier alpha value is -0.340. The summed E-state index contributed by atoms with van der Waals surface area (Å²) in [5.41, 5.74) is 6.14. The van der Waals surface area contributed by atoms with Gasteiger partial charge in [-0.05, 0) is 36.1 Å². The molecule has 0 amide bonds. The van der Waals surface area contributed by atoms with Crippen molar-refractivity contribution < 1.29 is 0 Å². The molecule has 2 atom stereocenters. The highest BCUT2D eigenvalue weighted by Crippen LogP contribution is 2.18. The van der Waals surface area contributed by atoms with Crippen LogP contribution in [0.4, 0.5) is 0 Å².